The molecular formula is C24H31NO2. The van der Waals surface area contributed by atoms with Crippen molar-refractivity contribution in [2.75, 3.05) is 26.7 Å². The minimum absolute atomic E-state index is 0.412. The average molecular weight is 366 g/mol. The lowest BCUT2D eigenvalue weighted by Gasteiger charge is -2.34. The predicted octanol–water partition coefficient (Wildman–Crippen LogP) is 4.56. The van der Waals surface area contributed by atoms with Gasteiger partial charge >= 0.3 is 0 Å². The number of aliphatic hydroxyl groups excluding tert-OH is 1. The maximum Gasteiger partial charge on any atom is 0.124 e. The van der Waals surface area contributed by atoms with E-state index in [1.54, 1.807) is 7.11 Å². The topological polar surface area (TPSA) is 32.7 Å². The number of piperidine rings is 1. The van der Waals surface area contributed by atoms with Crippen LogP contribution in [0.2, 0.25) is 0 Å². The van der Waals surface area contributed by atoms with Crippen LogP contribution in [0, 0.1) is 5.92 Å². The summed E-state index contributed by atoms with van der Waals surface area (Å²) in [6.45, 7) is 3.44. The molecule has 1 heterocycles. The number of nitrogens with zero attached hydrogens (tertiary/aromatic N) is 1. The average Bonchev–Trinajstić information content (AvgIpc) is 2.88. The maximum absolute atomic E-state index is 10.8. The molecule has 1 N–H and O–H groups in total. The van der Waals surface area contributed by atoms with E-state index < -0.39 is 6.10 Å². The zero-order chi connectivity index (χ0) is 18.6. The van der Waals surface area contributed by atoms with Gasteiger partial charge in [0.05, 0.1) is 13.2 Å². The van der Waals surface area contributed by atoms with E-state index in [4.69, 9.17) is 4.74 Å². The molecule has 0 saturated carbocycles. The van der Waals surface area contributed by atoms with Gasteiger partial charge in [0.15, 0.2) is 0 Å². The van der Waals surface area contributed by atoms with Crippen LogP contribution in [0.4, 0.5) is 0 Å². The Kier molecular flexibility index (Phi) is 5.80. The monoisotopic (exact) mass is 365 g/mol. The maximum atomic E-state index is 10.8. The van der Waals surface area contributed by atoms with E-state index in [-0.39, 0.29) is 0 Å². The van der Waals surface area contributed by atoms with Crippen molar-refractivity contribution in [2.45, 2.75) is 44.1 Å². The molecule has 0 radical (unpaired) electrons. The number of hydrogen-bond acceptors (Lipinski definition) is 3. The fourth-order valence-electron chi connectivity index (χ4n) is 4.98. The number of aliphatic hydroxyl groups is 1. The summed E-state index contributed by atoms with van der Waals surface area (Å²) in [7, 11) is 1.70. The van der Waals surface area contributed by atoms with Gasteiger partial charge in [-0.3, -0.25) is 0 Å². The number of rotatable bonds is 4. The van der Waals surface area contributed by atoms with Crippen molar-refractivity contribution in [3.05, 3.63) is 65.2 Å². The van der Waals surface area contributed by atoms with Crippen LogP contribution >= 0.6 is 0 Å². The van der Waals surface area contributed by atoms with Crippen molar-refractivity contribution >= 4 is 0 Å². The second-order valence-corrected chi connectivity index (χ2v) is 8.17. The highest BCUT2D eigenvalue weighted by Crippen LogP contribution is 2.38. The number of methoxy groups -OCH3 is 1. The lowest BCUT2D eigenvalue weighted by molar-refractivity contribution is 0.115. The van der Waals surface area contributed by atoms with Gasteiger partial charge in [-0.25, -0.2) is 0 Å². The first-order valence-corrected chi connectivity index (χ1v) is 10.4. The molecule has 0 amide bonds. The summed E-state index contributed by atoms with van der Waals surface area (Å²) >= 11 is 0. The third kappa shape index (κ3) is 4.20. The van der Waals surface area contributed by atoms with Gasteiger partial charge in [0.25, 0.3) is 0 Å². The smallest absolute Gasteiger partial charge is 0.124 e. The molecule has 0 spiro atoms. The number of fused-ring (bicyclic) bond motifs is 1. The molecule has 2 aromatic rings. The molecular weight excluding hydrogens is 334 g/mol. The van der Waals surface area contributed by atoms with Gasteiger partial charge in [0.2, 0.25) is 0 Å². The quantitative estimate of drug-likeness (QED) is 0.806. The predicted molar refractivity (Wildman–Crippen MR) is 109 cm³/mol. The Morgan fingerprint density at radius 3 is 2.52 bits per heavy atom. The molecule has 3 heteroatoms. The number of aryl methyl sites for hydroxylation is 1. The van der Waals surface area contributed by atoms with Crippen molar-refractivity contribution < 1.29 is 9.84 Å². The second-order valence-electron chi connectivity index (χ2n) is 8.17. The largest absolute Gasteiger partial charge is 0.496 e. The molecule has 27 heavy (non-hydrogen) atoms. The first kappa shape index (κ1) is 18.5. The summed E-state index contributed by atoms with van der Waals surface area (Å²) in [5.41, 5.74) is 3.77. The molecule has 2 aliphatic rings. The zero-order valence-corrected chi connectivity index (χ0v) is 16.3. The zero-order valence-electron chi connectivity index (χ0n) is 16.3. The molecule has 0 aromatic heterocycles. The highest BCUT2D eigenvalue weighted by molar-refractivity contribution is 5.42. The van der Waals surface area contributed by atoms with Crippen molar-refractivity contribution in [3.8, 4) is 5.75 Å². The molecule has 2 aromatic carbocycles. The Labute approximate surface area is 163 Å². The molecule has 1 fully saturated rings. The fourth-order valence-corrected chi connectivity index (χ4v) is 4.98. The van der Waals surface area contributed by atoms with Crippen molar-refractivity contribution in [3.63, 3.8) is 0 Å². The van der Waals surface area contributed by atoms with Crippen LogP contribution < -0.4 is 4.74 Å². The van der Waals surface area contributed by atoms with Crippen LogP contribution in [-0.2, 0) is 6.42 Å². The Bertz CT molecular complexity index is 737. The summed E-state index contributed by atoms with van der Waals surface area (Å²) in [5, 5.41) is 10.8. The summed E-state index contributed by atoms with van der Waals surface area (Å²) in [5.74, 6) is 2.09. The number of ether oxygens (including phenoxy) is 1. The fraction of sp³-hybridized carbons (Fsp3) is 0.500. The highest BCUT2D eigenvalue weighted by atomic mass is 16.5. The summed E-state index contributed by atoms with van der Waals surface area (Å²) in [6, 6.07) is 17.1. The van der Waals surface area contributed by atoms with Crippen LogP contribution in [-0.4, -0.2) is 36.8 Å². The third-order valence-electron chi connectivity index (χ3n) is 6.46. The second kappa shape index (κ2) is 8.45. The molecule has 2 atom stereocenters. The molecule has 0 bridgehead atoms. The minimum Gasteiger partial charge on any atom is -0.496 e. The van der Waals surface area contributed by atoms with Crippen LogP contribution in [0.1, 0.15) is 54.4 Å². The van der Waals surface area contributed by atoms with E-state index >= 15 is 0 Å². The molecule has 144 valence electrons. The molecule has 1 saturated heterocycles. The van der Waals surface area contributed by atoms with Gasteiger partial charge in [0.1, 0.15) is 5.75 Å². The van der Waals surface area contributed by atoms with Gasteiger partial charge in [0, 0.05) is 12.1 Å². The summed E-state index contributed by atoms with van der Waals surface area (Å²) in [4.78, 5) is 2.62. The Morgan fingerprint density at radius 2 is 1.78 bits per heavy atom. The SMILES string of the molecule is COc1cccc2c1C(O)CC(CN1CCC(c3ccccc3)CC1)CC2. The lowest BCUT2D eigenvalue weighted by Crippen LogP contribution is -2.36. The molecule has 1 aliphatic carbocycles. The van der Waals surface area contributed by atoms with Crippen molar-refractivity contribution in [2.24, 2.45) is 5.92 Å². The van der Waals surface area contributed by atoms with Crippen LogP contribution in [0.5, 0.6) is 5.75 Å². The van der Waals surface area contributed by atoms with E-state index in [0.29, 0.717) is 11.8 Å². The van der Waals surface area contributed by atoms with Crippen LogP contribution in [0.15, 0.2) is 48.5 Å². The Hall–Kier alpha value is -1.84. The van der Waals surface area contributed by atoms with E-state index in [1.807, 2.05) is 12.1 Å². The summed E-state index contributed by atoms with van der Waals surface area (Å²) < 4.78 is 5.51. The van der Waals surface area contributed by atoms with Gasteiger partial charge in [-0.15, -0.1) is 0 Å². The van der Waals surface area contributed by atoms with E-state index in [1.165, 1.54) is 37.1 Å². The molecule has 3 nitrogen and oxygen atoms in total. The number of likely N-dealkylation sites (tertiary alicyclic amines) is 1. The molecule has 1 aliphatic heterocycles. The summed E-state index contributed by atoms with van der Waals surface area (Å²) in [6.07, 6.45) is 5.10. The van der Waals surface area contributed by atoms with Gasteiger partial charge in [-0.05, 0) is 74.2 Å². The van der Waals surface area contributed by atoms with Gasteiger partial charge in [-0.1, -0.05) is 42.5 Å². The molecule has 4 rings (SSSR count). The highest BCUT2D eigenvalue weighted by Gasteiger charge is 2.28. The Morgan fingerprint density at radius 1 is 1.00 bits per heavy atom. The first-order chi connectivity index (χ1) is 13.2. The van der Waals surface area contributed by atoms with Crippen molar-refractivity contribution in [1.29, 1.82) is 0 Å². The van der Waals surface area contributed by atoms with Gasteiger partial charge < -0.3 is 14.7 Å². The standard InChI is InChI=1S/C24H31NO2/c1-27-23-9-5-8-21-11-10-18(16-22(26)24(21)23)17-25-14-12-20(13-15-25)19-6-3-2-4-7-19/h2-9,18,20,22,26H,10-17H2,1H3. The van der Waals surface area contributed by atoms with Crippen molar-refractivity contribution in [1.82, 2.24) is 4.90 Å². The molecule has 2 unspecified atom stereocenters. The van der Waals surface area contributed by atoms with Gasteiger partial charge in [-0.2, -0.15) is 0 Å². The van der Waals surface area contributed by atoms with Crippen LogP contribution in [0.25, 0.3) is 0 Å². The first-order valence-electron chi connectivity index (χ1n) is 10.4. The number of hydrogen-bond donors (Lipinski definition) is 1. The minimum atomic E-state index is -0.412. The number of benzene rings is 2. The third-order valence-corrected chi connectivity index (χ3v) is 6.46. The normalized spacial score (nSPS) is 24.2. The lowest BCUT2D eigenvalue weighted by atomic mass is 9.88. The van der Waals surface area contributed by atoms with E-state index in [0.717, 1.165) is 37.1 Å². The van der Waals surface area contributed by atoms with E-state index in [9.17, 15) is 5.11 Å². The van der Waals surface area contributed by atoms with E-state index in [2.05, 4.69) is 41.3 Å². The Balaban J connectivity index is 1.35. The van der Waals surface area contributed by atoms with Crippen LogP contribution in [0.3, 0.4) is 0 Å².